The zero-order chi connectivity index (χ0) is 9.84. The van der Waals surface area contributed by atoms with Gasteiger partial charge in [0.15, 0.2) is 0 Å². The van der Waals surface area contributed by atoms with Crippen LogP contribution in [0.1, 0.15) is 46.0 Å². The van der Waals surface area contributed by atoms with E-state index in [0.717, 1.165) is 6.42 Å². The molecule has 2 nitrogen and oxygen atoms in total. The highest BCUT2D eigenvalue weighted by molar-refractivity contribution is 5.67. The highest BCUT2D eigenvalue weighted by Gasteiger charge is 2.29. The number of carboxylic acid groups (broad SMARTS) is 1. The molecule has 0 aromatic rings. The molecular formula is C11H20O2. The zero-order valence-corrected chi connectivity index (χ0v) is 8.62. The summed E-state index contributed by atoms with van der Waals surface area (Å²) in [5.41, 5.74) is 0. The minimum atomic E-state index is -0.624. The maximum absolute atomic E-state index is 10.6. The Balaban J connectivity index is 2.39. The monoisotopic (exact) mass is 184 g/mol. The Bertz CT molecular complexity index is 175. The smallest absolute Gasteiger partial charge is 0.303 e. The van der Waals surface area contributed by atoms with Crippen LogP contribution >= 0.6 is 0 Å². The topological polar surface area (TPSA) is 37.3 Å². The molecule has 0 aliphatic heterocycles. The fourth-order valence-corrected chi connectivity index (χ4v) is 2.52. The molecule has 1 aliphatic rings. The van der Waals surface area contributed by atoms with Crippen molar-refractivity contribution in [2.75, 3.05) is 0 Å². The maximum atomic E-state index is 10.6. The van der Waals surface area contributed by atoms with E-state index in [1.54, 1.807) is 0 Å². The molecule has 0 amide bonds. The second-order valence-corrected chi connectivity index (χ2v) is 4.68. The van der Waals surface area contributed by atoms with Gasteiger partial charge in [0.25, 0.3) is 0 Å². The van der Waals surface area contributed by atoms with Crippen LogP contribution in [0.25, 0.3) is 0 Å². The molecule has 0 aromatic carbocycles. The molecule has 0 bridgehead atoms. The van der Waals surface area contributed by atoms with Crippen molar-refractivity contribution in [3.05, 3.63) is 0 Å². The van der Waals surface area contributed by atoms with E-state index in [-0.39, 0.29) is 0 Å². The van der Waals surface area contributed by atoms with Gasteiger partial charge in [-0.2, -0.15) is 0 Å². The minimum absolute atomic E-state index is 0.386. The van der Waals surface area contributed by atoms with E-state index in [1.165, 1.54) is 19.3 Å². The van der Waals surface area contributed by atoms with Crippen molar-refractivity contribution in [3.63, 3.8) is 0 Å². The molecule has 2 atom stereocenters. The van der Waals surface area contributed by atoms with Gasteiger partial charge in [-0.25, -0.2) is 0 Å². The molecule has 0 heterocycles. The molecule has 0 radical (unpaired) electrons. The first-order chi connectivity index (χ1) is 6.09. The molecule has 0 saturated heterocycles. The van der Waals surface area contributed by atoms with Crippen molar-refractivity contribution < 1.29 is 9.90 Å². The summed E-state index contributed by atoms with van der Waals surface area (Å²) in [4.78, 5) is 10.6. The van der Waals surface area contributed by atoms with Gasteiger partial charge in [0.2, 0.25) is 0 Å². The number of carboxylic acids is 1. The number of hydrogen-bond donors (Lipinski definition) is 1. The van der Waals surface area contributed by atoms with Crippen LogP contribution in [-0.4, -0.2) is 11.1 Å². The molecule has 0 spiro atoms. The normalized spacial score (nSPS) is 28.2. The van der Waals surface area contributed by atoms with Gasteiger partial charge in [-0.3, -0.25) is 4.79 Å². The van der Waals surface area contributed by atoms with Crippen LogP contribution in [0.4, 0.5) is 0 Å². The van der Waals surface area contributed by atoms with Crippen molar-refractivity contribution in [3.8, 4) is 0 Å². The van der Waals surface area contributed by atoms with E-state index in [0.29, 0.717) is 24.2 Å². The quantitative estimate of drug-likeness (QED) is 0.729. The SMILES string of the molecule is CC(C)CC1CCCC1CC(=O)O. The molecule has 1 saturated carbocycles. The lowest BCUT2D eigenvalue weighted by molar-refractivity contribution is -0.138. The van der Waals surface area contributed by atoms with Crippen LogP contribution in [0.3, 0.4) is 0 Å². The molecule has 1 aliphatic carbocycles. The van der Waals surface area contributed by atoms with Crippen molar-refractivity contribution in [2.45, 2.75) is 46.0 Å². The lowest BCUT2D eigenvalue weighted by Gasteiger charge is -2.19. The molecule has 1 N–H and O–H groups in total. The van der Waals surface area contributed by atoms with Crippen LogP contribution in [0.15, 0.2) is 0 Å². The summed E-state index contributed by atoms with van der Waals surface area (Å²) in [5, 5.41) is 8.73. The molecule has 1 fully saturated rings. The molecular weight excluding hydrogens is 164 g/mol. The summed E-state index contributed by atoms with van der Waals surface area (Å²) in [7, 11) is 0. The Morgan fingerprint density at radius 1 is 1.38 bits per heavy atom. The first kappa shape index (κ1) is 10.6. The number of rotatable bonds is 4. The first-order valence-electron chi connectivity index (χ1n) is 5.31. The highest BCUT2D eigenvalue weighted by atomic mass is 16.4. The fraction of sp³-hybridized carbons (Fsp3) is 0.909. The Hall–Kier alpha value is -0.530. The summed E-state index contributed by atoms with van der Waals surface area (Å²) in [6.07, 6.45) is 5.20. The number of aliphatic carboxylic acids is 1. The molecule has 1 rings (SSSR count). The zero-order valence-electron chi connectivity index (χ0n) is 8.62. The third-order valence-electron chi connectivity index (χ3n) is 3.03. The van der Waals surface area contributed by atoms with E-state index in [9.17, 15) is 4.79 Å². The number of hydrogen-bond acceptors (Lipinski definition) is 1. The van der Waals surface area contributed by atoms with Gasteiger partial charge in [-0.15, -0.1) is 0 Å². The second kappa shape index (κ2) is 4.64. The third-order valence-corrected chi connectivity index (χ3v) is 3.03. The molecule has 13 heavy (non-hydrogen) atoms. The Kier molecular flexibility index (Phi) is 3.76. The van der Waals surface area contributed by atoms with E-state index in [4.69, 9.17) is 5.11 Å². The molecule has 2 unspecified atom stereocenters. The standard InChI is InChI=1S/C11H20O2/c1-8(2)6-9-4-3-5-10(9)7-11(12)13/h8-10H,3-7H2,1-2H3,(H,12,13). The van der Waals surface area contributed by atoms with Crippen molar-refractivity contribution in [2.24, 2.45) is 17.8 Å². The molecule has 2 heteroatoms. The van der Waals surface area contributed by atoms with Crippen LogP contribution in [0.5, 0.6) is 0 Å². The third kappa shape index (κ3) is 3.37. The predicted octanol–water partition coefficient (Wildman–Crippen LogP) is 2.92. The van der Waals surface area contributed by atoms with Gasteiger partial charge in [0.1, 0.15) is 0 Å². The number of carbonyl (C=O) groups is 1. The van der Waals surface area contributed by atoms with Crippen LogP contribution in [0, 0.1) is 17.8 Å². The summed E-state index contributed by atoms with van der Waals surface area (Å²) in [5.74, 6) is 1.22. The fourth-order valence-electron chi connectivity index (χ4n) is 2.52. The first-order valence-corrected chi connectivity index (χ1v) is 5.31. The van der Waals surface area contributed by atoms with E-state index in [2.05, 4.69) is 13.8 Å². The average Bonchev–Trinajstić information content (AvgIpc) is 2.34. The van der Waals surface area contributed by atoms with Gasteiger partial charge in [0.05, 0.1) is 0 Å². The largest absolute Gasteiger partial charge is 0.481 e. The van der Waals surface area contributed by atoms with Gasteiger partial charge in [-0.1, -0.05) is 26.7 Å². The van der Waals surface area contributed by atoms with Crippen LogP contribution in [-0.2, 0) is 4.79 Å². The summed E-state index contributed by atoms with van der Waals surface area (Å²) < 4.78 is 0. The van der Waals surface area contributed by atoms with Crippen LogP contribution < -0.4 is 0 Å². The highest BCUT2D eigenvalue weighted by Crippen LogP contribution is 2.37. The lowest BCUT2D eigenvalue weighted by Crippen LogP contribution is -2.14. The maximum Gasteiger partial charge on any atom is 0.303 e. The van der Waals surface area contributed by atoms with Gasteiger partial charge >= 0.3 is 5.97 Å². The second-order valence-electron chi connectivity index (χ2n) is 4.68. The Morgan fingerprint density at radius 3 is 2.54 bits per heavy atom. The summed E-state index contributed by atoms with van der Waals surface area (Å²) >= 11 is 0. The summed E-state index contributed by atoms with van der Waals surface area (Å²) in [6, 6.07) is 0. The molecule has 0 aromatic heterocycles. The Labute approximate surface area is 80.3 Å². The van der Waals surface area contributed by atoms with E-state index >= 15 is 0 Å². The van der Waals surface area contributed by atoms with Crippen LogP contribution in [0.2, 0.25) is 0 Å². The minimum Gasteiger partial charge on any atom is -0.481 e. The summed E-state index contributed by atoms with van der Waals surface area (Å²) in [6.45, 7) is 4.44. The Morgan fingerprint density at radius 2 is 2.00 bits per heavy atom. The van der Waals surface area contributed by atoms with E-state index in [1.807, 2.05) is 0 Å². The molecule has 76 valence electrons. The van der Waals surface area contributed by atoms with Crippen molar-refractivity contribution in [1.29, 1.82) is 0 Å². The van der Waals surface area contributed by atoms with Gasteiger partial charge < -0.3 is 5.11 Å². The average molecular weight is 184 g/mol. The van der Waals surface area contributed by atoms with E-state index < -0.39 is 5.97 Å². The lowest BCUT2D eigenvalue weighted by atomic mass is 9.86. The van der Waals surface area contributed by atoms with Gasteiger partial charge in [-0.05, 0) is 30.6 Å². The van der Waals surface area contributed by atoms with Crippen molar-refractivity contribution in [1.82, 2.24) is 0 Å². The predicted molar refractivity (Wildman–Crippen MR) is 52.5 cm³/mol. The van der Waals surface area contributed by atoms with Gasteiger partial charge in [0, 0.05) is 6.42 Å². The van der Waals surface area contributed by atoms with Crippen molar-refractivity contribution >= 4 is 5.97 Å².